The van der Waals surface area contributed by atoms with Crippen molar-refractivity contribution < 1.29 is 4.79 Å². The van der Waals surface area contributed by atoms with Gasteiger partial charge in [-0.05, 0) is 6.07 Å². The second-order valence-corrected chi connectivity index (χ2v) is 4.67. The van der Waals surface area contributed by atoms with Gasteiger partial charge in [-0.3, -0.25) is 9.69 Å². The van der Waals surface area contributed by atoms with Crippen LogP contribution in [0.4, 0.5) is 5.95 Å². The van der Waals surface area contributed by atoms with Crippen LogP contribution in [0.1, 0.15) is 6.42 Å². The van der Waals surface area contributed by atoms with E-state index in [2.05, 4.69) is 25.9 Å². The van der Waals surface area contributed by atoms with Crippen molar-refractivity contribution in [3.63, 3.8) is 0 Å². The van der Waals surface area contributed by atoms with Crippen LogP contribution in [0.15, 0.2) is 12.3 Å². The highest BCUT2D eigenvalue weighted by Crippen LogP contribution is 2.22. The zero-order valence-electron chi connectivity index (χ0n) is 7.15. The summed E-state index contributed by atoms with van der Waals surface area (Å²) < 4.78 is 0. The quantitative estimate of drug-likeness (QED) is 0.578. The number of carbonyl (C=O) groups is 1. The summed E-state index contributed by atoms with van der Waals surface area (Å²) in [6, 6.07) is 1.58. The largest absolute Gasteiger partial charge is 0.279 e. The fourth-order valence-electron chi connectivity index (χ4n) is 1.31. The smallest absolute Gasteiger partial charge is 0.233 e. The molecule has 0 N–H and O–H groups in total. The van der Waals surface area contributed by atoms with Crippen molar-refractivity contribution in [3.8, 4) is 0 Å². The van der Waals surface area contributed by atoms with Gasteiger partial charge < -0.3 is 0 Å². The number of carbonyl (C=O) groups excluding carboxylic acids is 1. The fraction of sp³-hybridized carbons (Fsp3) is 0.375. The highest BCUT2D eigenvalue weighted by Gasteiger charge is 2.30. The van der Waals surface area contributed by atoms with Crippen molar-refractivity contribution >= 4 is 39.4 Å². The van der Waals surface area contributed by atoms with Gasteiger partial charge in [0.2, 0.25) is 11.9 Å². The van der Waals surface area contributed by atoms with E-state index in [9.17, 15) is 4.79 Å². The molecule has 0 radical (unpaired) electrons. The molecule has 1 fully saturated rings. The predicted octanol–water partition coefficient (Wildman–Crippen LogP) is 1.63. The Bertz CT molecular complexity index is 373. The number of halogens is 2. The van der Waals surface area contributed by atoms with Crippen LogP contribution in [0.3, 0.4) is 0 Å². The molecule has 14 heavy (non-hydrogen) atoms. The first-order chi connectivity index (χ1) is 6.66. The summed E-state index contributed by atoms with van der Waals surface area (Å²) in [6.07, 6.45) is 2.02. The number of amides is 1. The molecule has 2 rings (SSSR count). The molecule has 74 valence electrons. The molecule has 0 bridgehead atoms. The van der Waals surface area contributed by atoms with Crippen LogP contribution in [-0.2, 0) is 4.79 Å². The highest BCUT2D eigenvalue weighted by molar-refractivity contribution is 9.09. The van der Waals surface area contributed by atoms with E-state index in [1.807, 2.05) is 0 Å². The van der Waals surface area contributed by atoms with Crippen LogP contribution in [-0.4, -0.2) is 27.2 Å². The van der Waals surface area contributed by atoms with Crippen LogP contribution < -0.4 is 4.90 Å². The maximum absolute atomic E-state index is 11.5. The van der Waals surface area contributed by atoms with Crippen LogP contribution in [0.2, 0.25) is 5.15 Å². The Morgan fingerprint density at radius 2 is 2.43 bits per heavy atom. The molecule has 6 heteroatoms. The summed E-state index contributed by atoms with van der Waals surface area (Å²) in [6.45, 7) is 0.596. The van der Waals surface area contributed by atoms with Crippen molar-refractivity contribution in [1.29, 1.82) is 0 Å². The molecule has 1 saturated heterocycles. The first-order valence-corrected chi connectivity index (χ1v) is 5.39. The third kappa shape index (κ3) is 1.88. The number of rotatable bonds is 1. The summed E-state index contributed by atoms with van der Waals surface area (Å²) in [4.78, 5) is 21.2. The van der Waals surface area contributed by atoms with Crippen molar-refractivity contribution in [2.75, 3.05) is 11.4 Å². The Balaban J connectivity index is 2.27. The summed E-state index contributed by atoms with van der Waals surface area (Å²) in [5.74, 6) is 0.401. The molecule has 1 aromatic heterocycles. The Labute approximate surface area is 94.4 Å². The number of nitrogens with zero attached hydrogens (tertiary/aromatic N) is 3. The lowest BCUT2D eigenvalue weighted by atomic mass is 10.4. The van der Waals surface area contributed by atoms with Crippen molar-refractivity contribution in [3.05, 3.63) is 17.4 Å². The van der Waals surface area contributed by atoms with E-state index >= 15 is 0 Å². The molecule has 0 aliphatic carbocycles. The van der Waals surface area contributed by atoms with Crippen LogP contribution in [0, 0.1) is 0 Å². The number of aromatic nitrogens is 2. The maximum Gasteiger partial charge on any atom is 0.233 e. The molecule has 0 saturated carbocycles. The molecule has 1 aliphatic heterocycles. The van der Waals surface area contributed by atoms with Crippen LogP contribution in [0.25, 0.3) is 0 Å². The van der Waals surface area contributed by atoms with Gasteiger partial charge in [-0.2, -0.15) is 0 Å². The second-order valence-electron chi connectivity index (χ2n) is 2.99. The Morgan fingerprint density at radius 3 is 3.00 bits per heavy atom. The first-order valence-electron chi connectivity index (χ1n) is 4.10. The molecule has 4 nitrogen and oxygen atoms in total. The molecular formula is C8H7BrClN3O. The minimum absolute atomic E-state index is 0.0224. The lowest BCUT2D eigenvalue weighted by Gasteiger charge is -2.12. The van der Waals surface area contributed by atoms with Gasteiger partial charge in [-0.1, -0.05) is 27.5 Å². The number of hydrogen-bond acceptors (Lipinski definition) is 3. The average Bonchev–Trinajstić information content (AvgIpc) is 2.45. The summed E-state index contributed by atoms with van der Waals surface area (Å²) in [7, 11) is 0. The van der Waals surface area contributed by atoms with Gasteiger partial charge in [-0.15, -0.1) is 0 Å². The zero-order chi connectivity index (χ0) is 10.1. The molecule has 1 unspecified atom stereocenters. The molecule has 0 aromatic carbocycles. The lowest BCUT2D eigenvalue weighted by Crippen LogP contribution is -2.26. The van der Waals surface area contributed by atoms with Gasteiger partial charge in [-0.25, -0.2) is 9.97 Å². The Hall–Kier alpha value is -0.680. The van der Waals surface area contributed by atoms with Gasteiger partial charge in [0.05, 0.1) is 0 Å². The van der Waals surface area contributed by atoms with E-state index in [4.69, 9.17) is 11.6 Å². The summed E-state index contributed by atoms with van der Waals surface area (Å²) in [5.41, 5.74) is 0. The average molecular weight is 277 g/mol. The fourth-order valence-corrected chi connectivity index (χ4v) is 2.01. The monoisotopic (exact) mass is 275 g/mol. The van der Waals surface area contributed by atoms with E-state index in [-0.39, 0.29) is 10.7 Å². The Kier molecular flexibility index (Phi) is 2.69. The van der Waals surface area contributed by atoms with E-state index in [1.54, 1.807) is 12.3 Å². The van der Waals surface area contributed by atoms with Gasteiger partial charge in [0.15, 0.2) is 0 Å². The minimum atomic E-state index is 0.0224. The zero-order valence-corrected chi connectivity index (χ0v) is 9.49. The third-order valence-corrected chi connectivity index (χ3v) is 2.75. The van der Waals surface area contributed by atoms with E-state index in [1.165, 1.54) is 4.90 Å². The SMILES string of the molecule is O=C1CC(Br)CN1c1nccc(Cl)n1. The predicted molar refractivity (Wildman–Crippen MR) is 56.7 cm³/mol. The normalized spacial score (nSPS) is 21.7. The molecule has 1 atom stereocenters. The van der Waals surface area contributed by atoms with E-state index in [0.29, 0.717) is 24.1 Å². The molecular weight excluding hydrogens is 269 g/mol. The second kappa shape index (κ2) is 3.82. The van der Waals surface area contributed by atoms with Gasteiger partial charge >= 0.3 is 0 Å². The molecule has 2 heterocycles. The molecule has 1 aliphatic rings. The van der Waals surface area contributed by atoms with E-state index < -0.39 is 0 Å². The highest BCUT2D eigenvalue weighted by atomic mass is 79.9. The maximum atomic E-state index is 11.5. The molecule has 1 amide bonds. The first kappa shape index (κ1) is 9.86. The van der Waals surface area contributed by atoms with Crippen molar-refractivity contribution in [1.82, 2.24) is 9.97 Å². The van der Waals surface area contributed by atoms with Gasteiger partial charge in [0.1, 0.15) is 5.15 Å². The number of alkyl halides is 1. The topological polar surface area (TPSA) is 46.1 Å². The van der Waals surface area contributed by atoms with Gasteiger partial charge in [0.25, 0.3) is 0 Å². The summed E-state index contributed by atoms with van der Waals surface area (Å²) >= 11 is 9.09. The van der Waals surface area contributed by atoms with E-state index in [0.717, 1.165) is 0 Å². The number of hydrogen-bond donors (Lipinski definition) is 0. The Morgan fingerprint density at radius 1 is 1.64 bits per heavy atom. The van der Waals surface area contributed by atoms with Gasteiger partial charge in [0, 0.05) is 24.0 Å². The minimum Gasteiger partial charge on any atom is -0.279 e. The van der Waals surface area contributed by atoms with Crippen LogP contribution in [0.5, 0.6) is 0 Å². The van der Waals surface area contributed by atoms with Crippen LogP contribution >= 0.6 is 27.5 Å². The molecule has 1 aromatic rings. The van der Waals surface area contributed by atoms with Crippen molar-refractivity contribution in [2.45, 2.75) is 11.2 Å². The standard InChI is InChI=1S/C8H7BrClN3O/c9-5-3-7(14)13(4-5)8-11-2-1-6(10)12-8/h1-2,5H,3-4H2. The molecule has 0 spiro atoms. The third-order valence-electron chi connectivity index (χ3n) is 1.93. The summed E-state index contributed by atoms with van der Waals surface area (Å²) in [5, 5.41) is 0.348. The van der Waals surface area contributed by atoms with Crippen molar-refractivity contribution in [2.24, 2.45) is 0 Å². The lowest BCUT2D eigenvalue weighted by molar-refractivity contribution is -0.117. The number of anilines is 1.